The van der Waals surface area contributed by atoms with E-state index >= 15 is 0 Å². The van der Waals surface area contributed by atoms with Crippen LogP contribution in [0, 0.1) is 0 Å². The van der Waals surface area contributed by atoms with Crippen molar-refractivity contribution in [1.82, 2.24) is 0 Å². The van der Waals surface area contributed by atoms with Crippen molar-refractivity contribution in [2.75, 3.05) is 4.90 Å². The third-order valence-electron chi connectivity index (χ3n) is 11.7. The second-order valence-corrected chi connectivity index (χ2v) is 15.6. The zero-order valence-electron chi connectivity index (χ0n) is 35.3. The van der Waals surface area contributed by atoms with E-state index in [0.717, 1.165) is 40.2 Å². The largest absolute Gasteiger partial charge is 0.313 e. The Morgan fingerprint density at radius 1 is 0.387 bits per heavy atom. The number of allylic oxidation sites excluding steroid dienone is 4. The molecule has 0 spiro atoms. The van der Waals surface area contributed by atoms with Crippen molar-refractivity contribution in [2.45, 2.75) is 20.3 Å². The molecule has 0 aliphatic carbocycles. The number of hydrogen-bond acceptors (Lipinski definition) is 1. The maximum absolute atomic E-state index is 2.47. The SMILES string of the molecule is CC/C(=C\C(=C(/C)N(c1ccc(-c2cccc(-c3ccccc3)c2-c2ccccc2)cc1)c1ccc(-c2ccccc2)cc1-c1ccccc1)c1ccccc1)c1ccccc1. The molecule has 0 radical (unpaired) electrons. The summed E-state index contributed by atoms with van der Waals surface area (Å²) in [5.41, 5.74) is 20.1. The molecule has 0 amide bonds. The topological polar surface area (TPSA) is 3.24 Å². The van der Waals surface area contributed by atoms with Crippen molar-refractivity contribution in [3.8, 4) is 55.6 Å². The van der Waals surface area contributed by atoms with Gasteiger partial charge in [-0.25, -0.2) is 0 Å². The van der Waals surface area contributed by atoms with Crippen LogP contribution in [-0.2, 0) is 0 Å². The lowest BCUT2D eigenvalue weighted by Crippen LogP contribution is -2.17. The molecule has 298 valence electrons. The Labute approximate surface area is 367 Å². The van der Waals surface area contributed by atoms with Gasteiger partial charge in [0.15, 0.2) is 0 Å². The van der Waals surface area contributed by atoms with Crippen LogP contribution in [0.1, 0.15) is 31.4 Å². The van der Waals surface area contributed by atoms with Gasteiger partial charge in [-0.05, 0) is 110 Å². The minimum atomic E-state index is 0.898. The molecule has 1 heteroatoms. The van der Waals surface area contributed by atoms with Gasteiger partial charge in [-0.2, -0.15) is 0 Å². The van der Waals surface area contributed by atoms with E-state index in [9.17, 15) is 0 Å². The highest BCUT2D eigenvalue weighted by molar-refractivity contribution is 5.96. The van der Waals surface area contributed by atoms with Gasteiger partial charge in [0.1, 0.15) is 0 Å². The molecule has 1 nitrogen and oxygen atoms in total. The van der Waals surface area contributed by atoms with Gasteiger partial charge in [0.2, 0.25) is 0 Å². The second-order valence-electron chi connectivity index (χ2n) is 15.6. The van der Waals surface area contributed by atoms with Gasteiger partial charge in [0, 0.05) is 22.5 Å². The summed E-state index contributed by atoms with van der Waals surface area (Å²) in [5, 5.41) is 0. The van der Waals surface area contributed by atoms with Gasteiger partial charge >= 0.3 is 0 Å². The zero-order valence-corrected chi connectivity index (χ0v) is 35.3. The molecule has 0 aliphatic rings. The van der Waals surface area contributed by atoms with E-state index in [1.54, 1.807) is 0 Å². The number of nitrogens with zero attached hydrogens (tertiary/aromatic N) is 1. The molecular formula is C61H49N. The molecule has 9 aromatic rings. The highest BCUT2D eigenvalue weighted by atomic mass is 15.1. The lowest BCUT2D eigenvalue weighted by atomic mass is 9.87. The van der Waals surface area contributed by atoms with E-state index in [0.29, 0.717) is 0 Å². The first-order valence-electron chi connectivity index (χ1n) is 21.6. The van der Waals surface area contributed by atoms with Crippen LogP contribution in [0.4, 0.5) is 11.4 Å². The third kappa shape index (κ3) is 8.48. The van der Waals surface area contributed by atoms with Crippen LogP contribution >= 0.6 is 0 Å². The van der Waals surface area contributed by atoms with Crippen LogP contribution in [0.5, 0.6) is 0 Å². The number of benzene rings is 9. The minimum absolute atomic E-state index is 0.898. The van der Waals surface area contributed by atoms with E-state index in [1.165, 1.54) is 61.2 Å². The van der Waals surface area contributed by atoms with E-state index in [2.05, 4.69) is 267 Å². The van der Waals surface area contributed by atoms with Crippen LogP contribution in [-0.4, -0.2) is 0 Å². The Kier molecular flexibility index (Phi) is 12.0. The molecule has 0 fully saturated rings. The molecule has 0 atom stereocenters. The van der Waals surface area contributed by atoms with Crippen molar-refractivity contribution in [2.24, 2.45) is 0 Å². The highest BCUT2D eigenvalue weighted by Gasteiger charge is 2.22. The molecule has 0 heterocycles. The zero-order chi connectivity index (χ0) is 42.1. The van der Waals surface area contributed by atoms with Crippen molar-refractivity contribution < 1.29 is 0 Å². The van der Waals surface area contributed by atoms with Crippen LogP contribution in [0.3, 0.4) is 0 Å². The molecule has 0 N–H and O–H groups in total. The van der Waals surface area contributed by atoms with Crippen molar-refractivity contribution in [1.29, 1.82) is 0 Å². The molecule has 0 aromatic heterocycles. The van der Waals surface area contributed by atoms with Gasteiger partial charge in [-0.3, -0.25) is 0 Å². The summed E-state index contributed by atoms with van der Waals surface area (Å²) in [6.45, 7) is 4.53. The predicted molar refractivity (Wildman–Crippen MR) is 266 cm³/mol. The van der Waals surface area contributed by atoms with Crippen LogP contribution < -0.4 is 4.90 Å². The molecule has 62 heavy (non-hydrogen) atoms. The number of rotatable bonds is 12. The molecule has 9 rings (SSSR count). The summed E-state index contributed by atoms with van der Waals surface area (Å²) in [6, 6.07) is 87.5. The van der Waals surface area contributed by atoms with E-state index in [1.807, 2.05) is 0 Å². The van der Waals surface area contributed by atoms with Gasteiger partial charge < -0.3 is 4.90 Å². The summed E-state index contributed by atoms with van der Waals surface area (Å²) in [6.07, 6.45) is 3.30. The Balaban J connectivity index is 1.28. The molecular weight excluding hydrogens is 747 g/mol. The summed E-state index contributed by atoms with van der Waals surface area (Å²) in [4.78, 5) is 2.47. The summed E-state index contributed by atoms with van der Waals surface area (Å²) < 4.78 is 0. The molecule has 0 unspecified atom stereocenters. The minimum Gasteiger partial charge on any atom is -0.313 e. The van der Waals surface area contributed by atoms with Crippen molar-refractivity contribution >= 4 is 22.5 Å². The predicted octanol–water partition coefficient (Wildman–Crippen LogP) is 17.1. The average molecular weight is 796 g/mol. The molecule has 0 bridgehead atoms. The van der Waals surface area contributed by atoms with Crippen LogP contribution in [0.2, 0.25) is 0 Å². The summed E-state index contributed by atoms with van der Waals surface area (Å²) in [5.74, 6) is 0. The smallest absolute Gasteiger partial charge is 0.0537 e. The monoisotopic (exact) mass is 795 g/mol. The fourth-order valence-corrected chi connectivity index (χ4v) is 8.61. The Bertz CT molecular complexity index is 2930. The van der Waals surface area contributed by atoms with Crippen molar-refractivity contribution in [3.63, 3.8) is 0 Å². The lowest BCUT2D eigenvalue weighted by Gasteiger charge is -2.31. The number of hydrogen-bond donors (Lipinski definition) is 0. The summed E-state index contributed by atoms with van der Waals surface area (Å²) in [7, 11) is 0. The quantitative estimate of drug-likeness (QED) is 0.111. The first-order valence-corrected chi connectivity index (χ1v) is 21.6. The summed E-state index contributed by atoms with van der Waals surface area (Å²) >= 11 is 0. The molecule has 0 saturated carbocycles. The van der Waals surface area contributed by atoms with E-state index < -0.39 is 0 Å². The second kappa shape index (κ2) is 18.7. The van der Waals surface area contributed by atoms with Crippen LogP contribution in [0.15, 0.2) is 254 Å². The van der Waals surface area contributed by atoms with Gasteiger partial charge in [0.25, 0.3) is 0 Å². The van der Waals surface area contributed by atoms with E-state index in [4.69, 9.17) is 0 Å². The average Bonchev–Trinajstić information content (AvgIpc) is 3.36. The standard InChI is InChI=1S/C61H49N/c1-3-46(47-23-10-4-11-24-47)43-58(50-29-16-7-17-30-50)45(2)62(60-42-39-54(48-25-12-5-13-26-48)44-59(60)51-31-18-8-19-32-51)55-40-37-52(38-41-55)57-36-22-35-56(49-27-14-6-15-28-49)61(57)53-33-20-9-21-34-53/h4-44H,3H2,1-2H3/b46-43+,58-45-. The van der Waals surface area contributed by atoms with Crippen LogP contribution in [0.25, 0.3) is 66.8 Å². The first kappa shape index (κ1) is 39.7. The molecule has 9 aromatic carbocycles. The Morgan fingerprint density at radius 3 is 1.35 bits per heavy atom. The van der Waals surface area contributed by atoms with Crippen molar-refractivity contribution in [3.05, 3.63) is 266 Å². The van der Waals surface area contributed by atoms with Gasteiger partial charge in [-0.1, -0.05) is 225 Å². The third-order valence-corrected chi connectivity index (χ3v) is 11.7. The Morgan fingerprint density at radius 2 is 0.823 bits per heavy atom. The normalized spacial score (nSPS) is 11.8. The van der Waals surface area contributed by atoms with Gasteiger partial charge in [0.05, 0.1) is 5.69 Å². The fourth-order valence-electron chi connectivity index (χ4n) is 8.61. The van der Waals surface area contributed by atoms with E-state index in [-0.39, 0.29) is 0 Å². The molecule has 0 saturated heterocycles. The first-order chi connectivity index (χ1) is 30.7. The lowest BCUT2D eigenvalue weighted by molar-refractivity contribution is 1.16. The fraction of sp³-hybridized carbons (Fsp3) is 0.0492. The maximum Gasteiger partial charge on any atom is 0.0537 e. The maximum atomic E-state index is 2.47. The highest BCUT2D eigenvalue weighted by Crippen LogP contribution is 2.45. The molecule has 0 aliphatic heterocycles. The van der Waals surface area contributed by atoms with Gasteiger partial charge in [-0.15, -0.1) is 0 Å². The Hall–Kier alpha value is -7.74. The number of anilines is 2.